The van der Waals surface area contributed by atoms with E-state index in [0.29, 0.717) is 24.8 Å². The zero-order valence-electron chi connectivity index (χ0n) is 19.4. The minimum atomic E-state index is -0.961. The molecule has 0 bridgehead atoms. The van der Waals surface area contributed by atoms with Gasteiger partial charge in [-0.05, 0) is 56.0 Å². The highest BCUT2D eigenvalue weighted by Crippen LogP contribution is 2.27. The maximum absolute atomic E-state index is 11.2. The molecule has 0 heterocycles. The lowest BCUT2D eigenvalue weighted by Gasteiger charge is -2.28. The number of phenols is 1. The van der Waals surface area contributed by atoms with Gasteiger partial charge in [0.2, 0.25) is 6.41 Å². The van der Waals surface area contributed by atoms with E-state index in [1.165, 1.54) is 12.1 Å². The highest BCUT2D eigenvalue weighted by atomic mass is 16.4. The smallest absolute Gasteiger partial charge is 0.335 e. The lowest BCUT2D eigenvalue weighted by Crippen LogP contribution is -2.41. The van der Waals surface area contributed by atoms with Gasteiger partial charge in [-0.2, -0.15) is 0 Å². The van der Waals surface area contributed by atoms with Crippen molar-refractivity contribution in [2.24, 2.45) is 0 Å². The first-order valence-corrected chi connectivity index (χ1v) is 10.4. The Morgan fingerprint density at radius 2 is 1.91 bits per heavy atom. The Kier molecular flexibility index (Phi) is 13.6. The molecule has 1 aromatic carbocycles. The van der Waals surface area contributed by atoms with Crippen LogP contribution in [0.2, 0.25) is 0 Å². The van der Waals surface area contributed by atoms with Crippen molar-refractivity contribution in [1.29, 1.82) is 0 Å². The minimum absolute atomic E-state index is 0.0775. The predicted octanol–water partition coefficient (Wildman–Crippen LogP) is 3.28. The molecule has 1 unspecified atom stereocenters. The number of phenolic OH excluding ortho intramolecular Hbond substituents is 1. The van der Waals surface area contributed by atoms with Gasteiger partial charge in [0.15, 0.2) is 0 Å². The van der Waals surface area contributed by atoms with E-state index >= 15 is 0 Å². The second-order valence-electron chi connectivity index (χ2n) is 7.32. The number of hydrogen-bond acceptors (Lipinski definition) is 6. The molecular weight excluding hydrogens is 412 g/mol. The quantitative estimate of drug-likeness (QED) is 0.252. The molecule has 178 valence electrons. The Morgan fingerprint density at radius 3 is 2.50 bits per heavy atom. The highest BCUT2D eigenvalue weighted by molar-refractivity contribution is 5.90. The van der Waals surface area contributed by atoms with Gasteiger partial charge >= 0.3 is 5.97 Å². The zero-order valence-corrected chi connectivity index (χ0v) is 19.4. The molecule has 6 N–H and O–H groups in total. The summed E-state index contributed by atoms with van der Waals surface area (Å²) < 4.78 is 0. The third-order valence-electron chi connectivity index (χ3n) is 4.44. The summed E-state index contributed by atoms with van der Waals surface area (Å²) in [4.78, 5) is 21.8. The molecule has 0 spiro atoms. The topological polar surface area (TPSA) is 139 Å². The number of hydrogen-bond donors (Lipinski definition) is 6. The average Bonchev–Trinajstić information content (AvgIpc) is 3.02. The first-order valence-electron chi connectivity index (χ1n) is 10.4. The van der Waals surface area contributed by atoms with E-state index in [1.807, 2.05) is 39.8 Å². The first kappa shape index (κ1) is 29.1. The molecule has 8 heteroatoms. The molecule has 0 saturated carbocycles. The van der Waals surface area contributed by atoms with Crippen LogP contribution in [0.5, 0.6) is 5.75 Å². The standard InChI is InChI=1S/C21H26N2O5.C2H6.CH4O/c1-21(2,11-14-5-3-4-6-16(9-14)20(27)28)23-12-19(26)15-7-8-18(25)17(10-15)22-13-24;2*1-2/h4-10,13,19,23,25-26H,3,11-12H2,1-2H3,(H,22,24)(H,27,28);1-2H3;2H,1H3. The number of carboxylic acids is 1. The monoisotopic (exact) mass is 448 g/mol. The van der Waals surface area contributed by atoms with E-state index in [0.717, 1.165) is 12.7 Å². The van der Waals surface area contributed by atoms with Gasteiger partial charge < -0.3 is 31.1 Å². The number of anilines is 1. The first-order chi connectivity index (χ1) is 15.2. The van der Waals surface area contributed by atoms with Gasteiger partial charge in [0, 0.05) is 19.2 Å². The molecule has 0 saturated heterocycles. The summed E-state index contributed by atoms with van der Waals surface area (Å²) in [6.07, 6.45) is 7.95. The Balaban J connectivity index is 0.00000227. The Hall–Kier alpha value is -2.94. The molecule has 1 aromatic rings. The fraction of sp³-hybridized carbons (Fsp3) is 0.417. The molecule has 32 heavy (non-hydrogen) atoms. The molecule has 1 amide bonds. The van der Waals surface area contributed by atoms with E-state index < -0.39 is 17.6 Å². The summed E-state index contributed by atoms with van der Waals surface area (Å²) in [5.41, 5.74) is 1.55. The van der Waals surface area contributed by atoms with Crippen LogP contribution in [0, 0.1) is 0 Å². The molecule has 1 atom stereocenters. The van der Waals surface area contributed by atoms with E-state index in [-0.39, 0.29) is 23.6 Å². The van der Waals surface area contributed by atoms with Crippen molar-refractivity contribution in [2.75, 3.05) is 19.0 Å². The van der Waals surface area contributed by atoms with Crippen molar-refractivity contribution in [2.45, 2.75) is 52.2 Å². The normalized spacial score (nSPS) is 13.7. The number of β-amino-alcohol motifs (C(OH)–C–C–N with tert-alkyl or cyclic N) is 1. The Morgan fingerprint density at radius 1 is 1.25 bits per heavy atom. The summed E-state index contributed by atoms with van der Waals surface area (Å²) >= 11 is 0. The number of aliphatic hydroxyl groups excluding tert-OH is 2. The van der Waals surface area contributed by atoms with Gasteiger partial charge in [-0.15, -0.1) is 0 Å². The molecule has 1 aliphatic carbocycles. The van der Waals surface area contributed by atoms with Crippen LogP contribution < -0.4 is 10.6 Å². The van der Waals surface area contributed by atoms with Crippen molar-refractivity contribution in [3.8, 4) is 5.75 Å². The van der Waals surface area contributed by atoms with Gasteiger partial charge in [-0.1, -0.05) is 38.1 Å². The number of nitrogens with one attached hydrogen (secondary N) is 2. The molecule has 1 aliphatic rings. The van der Waals surface area contributed by atoms with Gasteiger partial charge in [-0.3, -0.25) is 4.79 Å². The van der Waals surface area contributed by atoms with Gasteiger partial charge in [-0.25, -0.2) is 4.79 Å². The van der Waals surface area contributed by atoms with Crippen molar-refractivity contribution >= 4 is 18.1 Å². The number of carbonyl (C=O) groups is 2. The maximum Gasteiger partial charge on any atom is 0.335 e. The maximum atomic E-state index is 11.2. The van der Waals surface area contributed by atoms with Gasteiger partial charge in [0.05, 0.1) is 17.4 Å². The summed E-state index contributed by atoms with van der Waals surface area (Å²) in [7, 11) is 1.00. The highest BCUT2D eigenvalue weighted by Gasteiger charge is 2.21. The molecule has 0 fully saturated rings. The van der Waals surface area contributed by atoms with Crippen molar-refractivity contribution in [3.63, 3.8) is 0 Å². The number of aromatic hydroxyl groups is 1. The lowest BCUT2D eigenvalue weighted by molar-refractivity contribution is -0.132. The van der Waals surface area contributed by atoms with E-state index in [1.54, 1.807) is 18.2 Å². The molecule has 0 radical (unpaired) electrons. The number of allylic oxidation sites excluding steroid dienone is 3. The van der Waals surface area contributed by atoms with E-state index in [2.05, 4.69) is 10.6 Å². The summed E-state index contributed by atoms with van der Waals surface area (Å²) in [6, 6.07) is 4.52. The fourth-order valence-electron chi connectivity index (χ4n) is 2.98. The molecule has 0 aromatic heterocycles. The largest absolute Gasteiger partial charge is 0.506 e. The van der Waals surface area contributed by atoms with Crippen molar-refractivity contribution in [3.05, 3.63) is 59.2 Å². The van der Waals surface area contributed by atoms with Crippen LogP contribution in [-0.2, 0) is 9.59 Å². The molecule has 2 rings (SSSR count). The average molecular weight is 449 g/mol. The minimum Gasteiger partial charge on any atom is -0.506 e. The van der Waals surface area contributed by atoms with E-state index in [9.17, 15) is 24.9 Å². The van der Waals surface area contributed by atoms with Crippen molar-refractivity contribution < 1.29 is 30.0 Å². The summed E-state index contributed by atoms with van der Waals surface area (Å²) in [5, 5.41) is 42.1. The summed E-state index contributed by atoms with van der Waals surface area (Å²) in [6.45, 7) is 8.20. The van der Waals surface area contributed by atoms with Gasteiger partial charge in [0.25, 0.3) is 0 Å². The third-order valence-corrected chi connectivity index (χ3v) is 4.44. The predicted molar refractivity (Wildman–Crippen MR) is 127 cm³/mol. The fourth-order valence-corrected chi connectivity index (χ4v) is 2.98. The second-order valence-corrected chi connectivity index (χ2v) is 7.32. The van der Waals surface area contributed by atoms with E-state index in [4.69, 9.17) is 5.11 Å². The van der Waals surface area contributed by atoms with Crippen LogP contribution in [0.25, 0.3) is 0 Å². The van der Waals surface area contributed by atoms with Crippen LogP contribution >= 0.6 is 0 Å². The Labute approximate surface area is 190 Å². The summed E-state index contributed by atoms with van der Waals surface area (Å²) in [5.74, 6) is -1.04. The number of rotatable bonds is 9. The van der Waals surface area contributed by atoms with Gasteiger partial charge in [0.1, 0.15) is 5.75 Å². The van der Waals surface area contributed by atoms with Crippen LogP contribution in [0.1, 0.15) is 52.2 Å². The second kappa shape index (κ2) is 15.0. The number of aliphatic carboxylic acids is 1. The lowest BCUT2D eigenvalue weighted by atomic mass is 9.93. The number of amides is 1. The van der Waals surface area contributed by atoms with Crippen LogP contribution in [-0.4, -0.2) is 52.0 Å². The van der Waals surface area contributed by atoms with Crippen LogP contribution in [0.4, 0.5) is 5.69 Å². The molecule has 8 nitrogen and oxygen atoms in total. The zero-order chi connectivity index (χ0) is 24.7. The number of aliphatic hydroxyl groups is 2. The number of carboxylic acid groups (broad SMARTS) is 1. The van der Waals surface area contributed by atoms with Crippen molar-refractivity contribution in [1.82, 2.24) is 5.32 Å². The number of benzene rings is 1. The SMILES string of the molecule is CC.CC(C)(CC1=CCC=CC(C(=O)O)=C1)NCC(O)c1ccc(O)c(NC=O)c1.CO. The molecule has 0 aliphatic heterocycles. The van der Waals surface area contributed by atoms with Crippen LogP contribution in [0.15, 0.2) is 53.6 Å². The van der Waals surface area contributed by atoms with Crippen LogP contribution in [0.3, 0.4) is 0 Å². The number of carbonyl (C=O) groups excluding carboxylic acids is 1. The molecular formula is C24H36N2O6. The Bertz CT molecular complexity index is 828. The third kappa shape index (κ3) is 9.91.